The number of carbonyl (C=O) groups is 2. The van der Waals surface area contributed by atoms with Crippen molar-refractivity contribution in [2.24, 2.45) is 0 Å². The number of methoxy groups -OCH3 is 2. The molecule has 0 aliphatic heterocycles. The topological polar surface area (TPSA) is 135 Å². The van der Waals surface area contributed by atoms with Crippen LogP contribution in [0.2, 0.25) is 0 Å². The van der Waals surface area contributed by atoms with Gasteiger partial charge in [-0.15, -0.1) is 0 Å². The molecule has 2 aromatic rings. The van der Waals surface area contributed by atoms with Crippen LogP contribution in [0.1, 0.15) is 26.4 Å². The van der Waals surface area contributed by atoms with E-state index in [1.807, 2.05) is 0 Å². The van der Waals surface area contributed by atoms with E-state index in [9.17, 15) is 28.1 Å². The maximum atomic E-state index is 13.0. The van der Waals surface area contributed by atoms with Gasteiger partial charge in [-0.25, -0.2) is 22.0 Å². The van der Waals surface area contributed by atoms with E-state index < -0.39 is 37.5 Å². The quantitative estimate of drug-likeness (QED) is 0.411. The van der Waals surface area contributed by atoms with Crippen LogP contribution in [0.25, 0.3) is 6.08 Å². The van der Waals surface area contributed by atoms with Gasteiger partial charge in [-0.3, -0.25) is 10.1 Å². The van der Waals surface area contributed by atoms with Crippen molar-refractivity contribution in [3.63, 3.8) is 0 Å². The Kier molecular flexibility index (Phi) is 5.45. The van der Waals surface area contributed by atoms with E-state index in [2.05, 4.69) is 16.1 Å². The third kappa shape index (κ3) is 3.58. The van der Waals surface area contributed by atoms with Crippen molar-refractivity contribution >= 4 is 33.7 Å². The van der Waals surface area contributed by atoms with E-state index in [-0.39, 0.29) is 16.8 Å². The number of aromatic nitrogens is 1. The Morgan fingerprint density at radius 2 is 1.81 bits per heavy atom. The number of nitro benzene ring substituents is 1. The van der Waals surface area contributed by atoms with Gasteiger partial charge < -0.3 is 9.47 Å². The van der Waals surface area contributed by atoms with Crippen LogP contribution in [0.4, 0.5) is 5.69 Å². The van der Waals surface area contributed by atoms with Crippen LogP contribution < -0.4 is 0 Å². The first kappa shape index (κ1) is 19.8. The molecular formula is C16H14N2O8S. The zero-order valence-corrected chi connectivity index (χ0v) is 15.1. The Bertz CT molecular complexity index is 1050. The van der Waals surface area contributed by atoms with Crippen molar-refractivity contribution in [3.8, 4) is 0 Å². The predicted octanol–water partition coefficient (Wildman–Crippen LogP) is 1.85. The normalized spacial score (nSPS) is 10.9. The second-order valence-corrected chi connectivity index (χ2v) is 6.87. The summed E-state index contributed by atoms with van der Waals surface area (Å²) >= 11 is 0. The molecule has 1 aromatic heterocycles. The average Bonchev–Trinajstić information content (AvgIpc) is 3.11. The van der Waals surface area contributed by atoms with Crippen LogP contribution in [0.15, 0.2) is 41.9 Å². The number of benzene rings is 1. The summed E-state index contributed by atoms with van der Waals surface area (Å²) in [5.41, 5.74) is -1.12. The number of carbonyl (C=O) groups excluding carboxylic acids is 2. The molecule has 0 unspecified atom stereocenters. The molecule has 0 atom stereocenters. The van der Waals surface area contributed by atoms with Crippen LogP contribution in [0.5, 0.6) is 0 Å². The van der Waals surface area contributed by atoms with Gasteiger partial charge in [0.05, 0.1) is 24.7 Å². The lowest BCUT2D eigenvalue weighted by atomic mass is 10.2. The van der Waals surface area contributed by atoms with Gasteiger partial charge in [-0.1, -0.05) is 12.7 Å². The molecule has 0 aliphatic carbocycles. The van der Waals surface area contributed by atoms with E-state index in [1.165, 1.54) is 12.1 Å². The summed E-state index contributed by atoms with van der Waals surface area (Å²) in [5.74, 6) is -1.83. The molecule has 0 saturated carbocycles. The predicted molar refractivity (Wildman–Crippen MR) is 92.9 cm³/mol. The fourth-order valence-electron chi connectivity index (χ4n) is 2.26. The Hall–Kier alpha value is -3.47. The highest BCUT2D eigenvalue weighted by Crippen LogP contribution is 2.29. The summed E-state index contributed by atoms with van der Waals surface area (Å²) in [5, 5.41) is 11.4. The van der Waals surface area contributed by atoms with Gasteiger partial charge >= 0.3 is 11.9 Å². The minimum atomic E-state index is -4.56. The first-order valence-electron chi connectivity index (χ1n) is 7.22. The second kappa shape index (κ2) is 7.41. The Morgan fingerprint density at radius 3 is 2.33 bits per heavy atom. The molecule has 1 aromatic carbocycles. The third-order valence-electron chi connectivity index (χ3n) is 3.55. The number of esters is 2. The second-order valence-electron chi connectivity index (χ2n) is 5.09. The highest BCUT2D eigenvalue weighted by Gasteiger charge is 2.32. The van der Waals surface area contributed by atoms with Gasteiger partial charge in [0.2, 0.25) is 0 Å². The Morgan fingerprint density at radius 1 is 1.19 bits per heavy atom. The summed E-state index contributed by atoms with van der Waals surface area (Å²) < 4.78 is 35.6. The number of hydrogen-bond donors (Lipinski definition) is 0. The van der Waals surface area contributed by atoms with Crippen molar-refractivity contribution < 1.29 is 32.4 Å². The van der Waals surface area contributed by atoms with E-state index in [1.54, 1.807) is 0 Å². The van der Waals surface area contributed by atoms with Crippen molar-refractivity contribution in [2.75, 3.05) is 14.2 Å². The number of hydrogen-bond acceptors (Lipinski definition) is 8. The van der Waals surface area contributed by atoms with Gasteiger partial charge in [0.1, 0.15) is 5.69 Å². The minimum Gasteiger partial charge on any atom is -0.465 e. The molecule has 0 N–H and O–H groups in total. The molecule has 27 heavy (non-hydrogen) atoms. The van der Waals surface area contributed by atoms with Crippen molar-refractivity contribution in [1.29, 1.82) is 0 Å². The van der Waals surface area contributed by atoms with Gasteiger partial charge in [0, 0.05) is 12.3 Å². The average molecular weight is 394 g/mol. The first-order valence-corrected chi connectivity index (χ1v) is 8.66. The lowest BCUT2D eigenvalue weighted by molar-refractivity contribution is -0.387. The van der Waals surface area contributed by atoms with Crippen molar-refractivity contribution in [3.05, 3.63) is 64.0 Å². The largest absolute Gasteiger partial charge is 0.465 e. The van der Waals surface area contributed by atoms with Gasteiger partial charge in [-0.05, 0) is 23.8 Å². The highest BCUT2D eigenvalue weighted by atomic mass is 32.2. The molecule has 0 aliphatic rings. The molecule has 1 heterocycles. The maximum Gasteiger partial charge on any atom is 0.355 e. The maximum absolute atomic E-state index is 13.0. The summed E-state index contributed by atoms with van der Waals surface area (Å²) in [7, 11) is -2.42. The lowest BCUT2D eigenvalue weighted by Gasteiger charge is -2.10. The molecule has 2 rings (SSSR count). The molecule has 0 radical (unpaired) electrons. The standard InChI is InChI=1S/C16H14N2O8S/c1-4-10-7-13(16(20)26-3)17(9-10)27(23,24)14-6-5-11(15(19)25-2)8-12(14)18(21)22/h4-9H,1H2,2-3H3. The molecule has 0 amide bonds. The zero-order chi connectivity index (χ0) is 20.4. The summed E-state index contributed by atoms with van der Waals surface area (Å²) in [6.45, 7) is 3.49. The van der Waals surface area contributed by atoms with Crippen molar-refractivity contribution in [2.45, 2.75) is 4.90 Å². The van der Waals surface area contributed by atoms with Gasteiger partial charge in [-0.2, -0.15) is 0 Å². The third-order valence-corrected chi connectivity index (χ3v) is 5.27. The van der Waals surface area contributed by atoms with E-state index in [0.717, 1.165) is 38.6 Å². The Balaban J connectivity index is 2.76. The summed E-state index contributed by atoms with van der Waals surface area (Å²) in [4.78, 5) is 33.2. The zero-order valence-electron chi connectivity index (χ0n) is 14.2. The van der Waals surface area contributed by atoms with Crippen LogP contribution in [-0.4, -0.2) is 43.5 Å². The molecule has 0 fully saturated rings. The number of nitro groups is 1. The van der Waals surface area contributed by atoms with E-state index in [4.69, 9.17) is 0 Å². The fourth-order valence-corrected chi connectivity index (χ4v) is 3.75. The highest BCUT2D eigenvalue weighted by molar-refractivity contribution is 7.90. The number of nitrogens with zero attached hydrogens (tertiary/aromatic N) is 2. The molecule has 0 saturated heterocycles. The SMILES string of the molecule is C=Cc1cc(C(=O)OC)n(S(=O)(=O)c2ccc(C(=O)OC)cc2[N+](=O)[O-])c1. The molecule has 0 spiro atoms. The first-order chi connectivity index (χ1) is 12.7. The molecular weight excluding hydrogens is 380 g/mol. The Labute approximate surface area is 153 Å². The van der Waals surface area contributed by atoms with Crippen LogP contribution in [0.3, 0.4) is 0 Å². The van der Waals surface area contributed by atoms with Crippen molar-refractivity contribution in [1.82, 2.24) is 3.97 Å². The van der Waals surface area contributed by atoms with Crippen LogP contribution >= 0.6 is 0 Å². The van der Waals surface area contributed by atoms with Gasteiger partial charge in [0.15, 0.2) is 4.90 Å². The summed E-state index contributed by atoms with van der Waals surface area (Å²) in [6.07, 6.45) is 2.37. The summed E-state index contributed by atoms with van der Waals surface area (Å²) in [6, 6.07) is 3.97. The smallest absolute Gasteiger partial charge is 0.355 e. The molecule has 0 bridgehead atoms. The minimum absolute atomic E-state index is 0.198. The molecule has 11 heteroatoms. The fraction of sp³-hybridized carbons (Fsp3) is 0.125. The molecule has 142 valence electrons. The lowest BCUT2D eigenvalue weighted by Crippen LogP contribution is -2.19. The number of rotatable bonds is 6. The number of ether oxygens (including phenoxy) is 2. The van der Waals surface area contributed by atoms with E-state index in [0.29, 0.717) is 3.97 Å². The van der Waals surface area contributed by atoms with E-state index >= 15 is 0 Å². The van der Waals surface area contributed by atoms with Crippen LogP contribution in [-0.2, 0) is 19.5 Å². The van der Waals surface area contributed by atoms with Gasteiger partial charge in [0.25, 0.3) is 15.7 Å². The van der Waals surface area contributed by atoms with Crippen LogP contribution in [0, 0.1) is 10.1 Å². The monoisotopic (exact) mass is 394 g/mol. The molecule has 10 nitrogen and oxygen atoms in total.